The summed E-state index contributed by atoms with van der Waals surface area (Å²) in [5, 5.41) is 2.93. The Hall–Kier alpha value is -2.49. The molecule has 10 heteroatoms. The molecule has 2 rings (SSSR count). The maximum absolute atomic E-state index is 12.6. The van der Waals surface area contributed by atoms with Gasteiger partial charge in [-0.3, -0.25) is 4.79 Å². The van der Waals surface area contributed by atoms with E-state index in [-0.39, 0.29) is 4.90 Å². The van der Waals surface area contributed by atoms with Crippen LogP contribution in [0.15, 0.2) is 35.2 Å². The van der Waals surface area contributed by atoms with Gasteiger partial charge < -0.3 is 19.5 Å². The molecule has 0 aliphatic heterocycles. The second-order valence-electron chi connectivity index (χ2n) is 6.15. The summed E-state index contributed by atoms with van der Waals surface area (Å²) in [7, 11) is 0.438. The fourth-order valence-electron chi connectivity index (χ4n) is 2.57. The zero-order valence-electron chi connectivity index (χ0n) is 16.7. The van der Waals surface area contributed by atoms with E-state index in [0.29, 0.717) is 33.5 Å². The zero-order chi connectivity index (χ0) is 21.8. The first kappa shape index (κ1) is 22.8. The van der Waals surface area contributed by atoms with Crippen molar-refractivity contribution in [3.8, 4) is 17.2 Å². The average Bonchev–Trinajstić information content (AvgIpc) is 2.68. The quantitative estimate of drug-likeness (QED) is 0.651. The number of sulfonamides is 1. The molecule has 0 bridgehead atoms. The van der Waals surface area contributed by atoms with Gasteiger partial charge in [-0.2, -0.15) is 4.72 Å². The molecule has 0 heterocycles. The smallest absolute Gasteiger partial charge is 0.242 e. The summed E-state index contributed by atoms with van der Waals surface area (Å²) >= 11 is 6.05. The van der Waals surface area contributed by atoms with Crippen molar-refractivity contribution in [2.45, 2.75) is 24.8 Å². The summed E-state index contributed by atoms with van der Waals surface area (Å²) in [5.74, 6) is 0.634. The van der Waals surface area contributed by atoms with Crippen molar-refractivity contribution in [1.82, 2.24) is 4.72 Å². The monoisotopic (exact) mass is 442 g/mol. The highest BCUT2D eigenvalue weighted by molar-refractivity contribution is 7.89. The zero-order valence-corrected chi connectivity index (χ0v) is 18.3. The van der Waals surface area contributed by atoms with Crippen LogP contribution in [0.3, 0.4) is 0 Å². The molecular formula is C19H23ClN2O6S. The van der Waals surface area contributed by atoms with Crippen molar-refractivity contribution >= 4 is 33.2 Å². The second-order valence-corrected chi connectivity index (χ2v) is 8.27. The topological polar surface area (TPSA) is 103 Å². The lowest BCUT2D eigenvalue weighted by Gasteiger charge is -2.17. The number of hydrogen-bond acceptors (Lipinski definition) is 6. The summed E-state index contributed by atoms with van der Waals surface area (Å²) in [6.07, 6.45) is 0. The molecule has 8 nitrogen and oxygen atoms in total. The van der Waals surface area contributed by atoms with E-state index in [2.05, 4.69) is 10.0 Å². The molecule has 0 aromatic heterocycles. The molecule has 158 valence electrons. The van der Waals surface area contributed by atoms with Crippen LogP contribution in [-0.2, 0) is 14.8 Å². The predicted octanol–water partition coefficient (Wildman–Crippen LogP) is 2.98. The lowest BCUT2D eigenvalue weighted by molar-refractivity contribution is -0.117. The number of ether oxygens (including phenoxy) is 3. The maximum Gasteiger partial charge on any atom is 0.242 e. The SMILES string of the molecule is COc1ccc(S(=O)(=O)N[C@H](C)C(=O)Nc2cc(OC)c(Cl)cc2OC)cc1C. The van der Waals surface area contributed by atoms with E-state index in [1.165, 1.54) is 52.5 Å². The molecule has 0 saturated heterocycles. The highest BCUT2D eigenvalue weighted by atomic mass is 35.5. The largest absolute Gasteiger partial charge is 0.496 e. The van der Waals surface area contributed by atoms with Gasteiger partial charge in [0, 0.05) is 12.1 Å². The van der Waals surface area contributed by atoms with Gasteiger partial charge in [-0.25, -0.2) is 8.42 Å². The number of amides is 1. The molecule has 0 fully saturated rings. The molecule has 29 heavy (non-hydrogen) atoms. The summed E-state index contributed by atoms with van der Waals surface area (Å²) in [6, 6.07) is 6.36. The molecule has 0 radical (unpaired) electrons. The van der Waals surface area contributed by atoms with E-state index in [9.17, 15) is 13.2 Å². The molecular weight excluding hydrogens is 420 g/mol. The van der Waals surface area contributed by atoms with Crippen LogP contribution in [-0.4, -0.2) is 41.7 Å². The lowest BCUT2D eigenvalue weighted by atomic mass is 10.2. The first-order chi connectivity index (χ1) is 13.6. The molecule has 0 aliphatic carbocycles. The van der Waals surface area contributed by atoms with Gasteiger partial charge in [-0.05, 0) is 37.6 Å². The van der Waals surface area contributed by atoms with Gasteiger partial charge in [-0.1, -0.05) is 11.6 Å². The van der Waals surface area contributed by atoms with Crippen LogP contribution in [0.5, 0.6) is 17.2 Å². The first-order valence-electron chi connectivity index (χ1n) is 8.52. The molecule has 2 aromatic carbocycles. The fourth-order valence-corrected chi connectivity index (χ4v) is 4.09. The predicted molar refractivity (Wildman–Crippen MR) is 111 cm³/mol. The Labute approximate surface area is 175 Å². The normalized spacial score (nSPS) is 12.2. The van der Waals surface area contributed by atoms with Gasteiger partial charge >= 0.3 is 0 Å². The number of halogens is 1. The van der Waals surface area contributed by atoms with Gasteiger partial charge in [0.25, 0.3) is 0 Å². The standard InChI is InChI=1S/C19H23ClN2O6S/c1-11-8-13(6-7-16(11)26-3)29(24,25)22-12(2)19(23)21-15-10-17(27-4)14(20)9-18(15)28-5/h6-10,12,22H,1-5H3,(H,21,23)/t12-/m1/s1. The molecule has 1 amide bonds. The van der Waals surface area contributed by atoms with Crippen molar-refractivity contribution in [2.24, 2.45) is 0 Å². The third-order valence-electron chi connectivity index (χ3n) is 4.13. The Morgan fingerprint density at radius 3 is 2.17 bits per heavy atom. The number of methoxy groups -OCH3 is 3. The minimum atomic E-state index is -3.92. The van der Waals surface area contributed by atoms with Crippen molar-refractivity contribution in [3.63, 3.8) is 0 Å². The van der Waals surface area contributed by atoms with Crippen molar-refractivity contribution < 1.29 is 27.4 Å². The number of carbonyl (C=O) groups excluding carboxylic acids is 1. The maximum atomic E-state index is 12.6. The average molecular weight is 443 g/mol. The van der Waals surface area contributed by atoms with Crippen molar-refractivity contribution in [1.29, 1.82) is 0 Å². The van der Waals surface area contributed by atoms with E-state index in [0.717, 1.165) is 0 Å². The number of rotatable bonds is 8. The number of carbonyl (C=O) groups is 1. The van der Waals surface area contributed by atoms with Gasteiger partial charge in [0.1, 0.15) is 17.2 Å². The third kappa shape index (κ3) is 5.31. The van der Waals surface area contributed by atoms with Crippen LogP contribution in [0.2, 0.25) is 5.02 Å². The fraction of sp³-hybridized carbons (Fsp3) is 0.316. The van der Waals surface area contributed by atoms with Crippen LogP contribution in [0.25, 0.3) is 0 Å². The molecule has 2 N–H and O–H groups in total. The third-order valence-corrected chi connectivity index (χ3v) is 5.97. The van der Waals surface area contributed by atoms with Crippen molar-refractivity contribution in [2.75, 3.05) is 26.6 Å². The van der Waals surface area contributed by atoms with Crippen LogP contribution in [0.4, 0.5) is 5.69 Å². The van der Waals surface area contributed by atoms with Crippen LogP contribution >= 0.6 is 11.6 Å². The molecule has 0 spiro atoms. The number of anilines is 1. The first-order valence-corrected chi connectivity index (χ1v) is 10.4. The number of aryl methyl sites for hydroxylation is 1. The van der Waals surface area contributed by atoms with Crippen LogP contribution in [0.1, 0.15) is 12.5 Å². The van der Waals surface area contributed by atoms with E-state index in [1.54, 1.807) is 13.0 Å². The second kappa shape index (κ2) is 9.34. The molecule has 0 unspecified atom stereocenters. The Kier molecular flexibility index (Phi) is 7.34. The van der Waals surface area contributed by atoms with Crippen LogP contribution < -0.4 is 24.2 Å². The van der Waals surface area contributed by atoms with Gasteiger partial charge in [-0.15, -0.1) is 0 Å². The van der Waals surface area contributed by atoms with Gasteiger partial charge in [0.2, 0.25) is 15.9 Å². The summed E-state index contributed by atoms with van der Waals surface area (Å²) in [6.45, 7) is 3.16. The minimum absolute atomic E-state index is 0.0289. The van der Waals surface area contributed by atoms with E-state index >= 15 is 0 Å². The molecule has 2 aromatic rings. The Morgan fingerprint density at radius 1 is 1.00 bits per heavy atom. The Balaban J connectivity index is 2.19. The van der Waals surface area contributed by atoms with Crippen LogP contribution in [0, 0.1) is 6.92 Å². The highest BCUT2D eigenvalue weighted by Crippen LogP contribution is 2.35. The van der Waals surface area contributed by atoms with E-state index in [1.807, 2.05) is 0 Å². The minimum Gasteiger partial charge on any atom is -0.496 e. The Bertz CT molecular complexity index is 1010. The number of benzene rings is 2. The number of nitrogens with one attached hydrogen (secondary N) is 2. The molecule has 0 aliphatic rings. The summed E-state index contributed by atoms with van der Waals surface area (Å²) in [4.78, 5) is 12.6. The van der Waals surface area contributed by atoms with Gasteiger partial charge in [0.15, 0.2) is 0 Å². The Morgan fingerprint density at radius 2 is 1.62 bits per heavy atom. The van der Waals surface area contributed by atoms with Gasteiger partial charge in [0.05, 0.1) is 43.0 Å². The van der Waals surface area contributed by atoms with E-state index in [4.69, 9.17) is 25.8 Å². The summed E-state index contributed by atoms with van der Waals surface area (Å²) in [5.41, 5.74) is 0.954. The molecule has 0 saturated carbocycles. The number of hydrogen-bond donors (Lipinski definition) is 2. The highest BCUT2D eigenvalue weighted by Gasteiger charge is 2.24. The molecule has 1 atom stereocenters. The van der Waals surface area contributed by atoms with E-state index < -0.39 is 22.0 Å². The summed E-state index contributed by atoms with van der Waals surface area (Å²) < 4.78 is 43.1. The lowest BCUT2D eigenvalue weighted by Crippen LogP contribution is -2.41. The van der Waals surface area contributed by atoms with Crippen molar-refractivity contribution in [3.05, 3.63) is 40.9 Å².